The van der Waals surface area contributed by atoms with E-state index in [2.05, 4.69) is 27.6 Å². The number of hydrogen-bond acceptors (Lipinski definition) is 5. The summed E-state index contributed by atoms with van der Waals surface area (Å²) < 4.78 is 0. The molecular weight excluding hydrogens is 448 g/mol. The maximum Gasteiger partial charge on any atom is 0.167 e. The summed E-state index contributed by atoms with van der Waals surface area (Å²) in [7, 11) is 0. The summed E-state index contributed by atoms with van der Waals surface area (Å²) in [6, 6.07) is 21.1. The van der Waals surface area contributed by atoms with Crippen molar-refractivity contribution in [3.05, 3.63) is 126 Å². The van der Waals surface area contributed by atoms with Crippen LogP contribution in [0.1, 0.15) is 32.9 Å². The van der Waals surface area contributed by atoms with Gasteiger partial charge < -0.3 is 4.98 Å². The average Bonchev–Trinajstić information content (AvgIpc) is 3.37. The number of Topliss-reactive ketones (excluding diaryl/α,β-unsaturated/α-hetero) is 1. The molecule has 0 radical (unpaired) electrons. The molecule has 0 atom stereocenters. The molecule has 0 fully saturated rings. The van der Waals surface area contributed by atoms with Crippen LogP contribution in [-0.4, -0.2) is 31.5 Å². The summed E-state index contributed by atoms with van der Waals surface area (Å²) in [5, 5.41) is 1.03. The van der Waals surface area contributed by atoms with Crippen LogP contribution < -0.4 is 0 Å². The molecule has 0 aliphatic heterocycles. The van der Waals surface area contributed by atoms with Crippen LogP contribution in [0.2, 0.25) is 0 Å². The molecule has 36 heavy (non-hydrogen) atoms. The maximum atomic E-state index is 12.8. The second-order valence-electron chi connectivity index (χ2n) is 8.64. The third kappa shape index (κ3) is 5.33. The van der Waals surface area contributed by atoms with Crippen LogP contribution in [0.15, 0.2) is 98.0 Å². The molecule has 6 nitrogen and oxygen atoms in total. The Hall–Kier alpha value is -4.71. The monoisotopic (exact) mass is 472 g/mol. The largest absolute Gasteiger partial charge is 0.346 e. The van der Waals surface area contributed by atoms with Crippen molar-refractivity contribution < 1.29 is 9.59 Å². The van der Waals surface area contributed by atoms with Gasteiger partial charge in [-0.1, -0.05) is 55.1 Å². The quantitative estimate of drug-likeness (QED) is 0.231. The molecule has 2 aromatic carbocycles. The number of fused-ring (bicyclic) bond motifs is 1. The second-order valence-corrected chi connectivity index (χ2v) is 8.64. The molecule has 3 aromatic heterocycles. The Kier molecular flexibility index (Phi) is 6.58. The fourth-order valence-corrected chi connectivity index (χ4v) is 4.13. The first kappa shape index (κ1) is 23.1. The number of carbonyl (C=O) groups excluding carboxylic acids is 2. The minimum absolute atomic E-state index is 0.0274. The normalized spacial score (nSPS) is 10.9. The summed E-state index contributed by atoms with van der Waals surface area (Å²) in [5.41, 5.74) is 6.06. The fourth-order valence-electron chi connectivity index (χ4n) is 4.13. The molecule has 0 aliphatic carbocycles. The van der Waals surface area contributed by atoms with E-state index in [1.807, 2.05) is 54.7 Å². The summed E-state index contributed by atoms with van der Waals surface area (Å²) >= 11 is 0. The highest BCUT2D eigenvalue weighted by Gasteiger charge is 2.10. The van der Waals surface area contributed by atoms with Gasteiger partial charge in [0.15, 0.2) is 11.6 Å². The first-order valence-electron chi connectivity index (χ1n) is 11.7. The van der Waals surface area contributed by atoms with Gasteiger partial charge in [0.2, 0.25) is 0 Å². The van der Waals surface area contributed by atoms with E-state index in [0.717, 1.165) is 39.0 Å². The van der Waals surface area contributed by atoms with Crippen LogP contribution in [0, 0.1) is 0 Å². The molecule has 0 bridgehead atoms. The minimum atomic E-state index is -0.0428. The Bertz CT molecular complexity index is 1570. The van der Waals surface area contributed by atoms with Crippen molar-refractivity contribution in [2.75, 3.05) is 0 Å². The van der Waals surface area contributed by atoms with Gasteiger partial charge in [0.25, 0.3) is 0 Å². The molecule has 5 rings (SSSR count). The Balaban J connectivity index is 1.28. The standard InChI is InChI=1S/C30H24N4O2/c1-2-26(35)15-20-6-8-23(9-7-20)28(36)16-21-4-3-5-22(14-21)17-29-31-13-11-27(34-29)25-18-24-10-12-32-30(24)33-19-25/h2-14,18-19H,1,15-17H2,(H,32,33). The van der Waals surface area contributed by atoms with Crippen LogP contribution in [-0.2, 0) is 24.1 Å². The Labute approximate surface area is 208 Å². The molecule has 176 valence electrons. The first-order valence-corrected chi connectivity index (χ1v) is 11.7. The number of nitrogens with one attached hydrogen (secondary N) is 1. The number of carbonyl (C=O) groups is 2. The van der Waals surface area contributed by atoms with E-state index in [1.54, 1.807) is 24.5 Å². The van der Waals surface area contributed by atoms with Crippen molar-refractivity contribution in [2.24, 2.45) is 0 Å². The number of ketones is 2. The molecule has 0 amide bonds. The molecular formula is C30H24N4O2. The predicted octanol–water partition coefficient (Wildman–Crippen LogP) is 5.33. The number of rotatable bonds is 9. The van der Waals surface area contributed by atoms with Gasteiger partial charge >= 0.3 is 0 Å². The van der Waals surface area contributed by atoms with Crippen LogP contribution in [0.4, 0.5) is 0 Å². The molecule has 0 unspecified atom stereocenters. The van der Waals surface area contributed by atoms with Gasteiger partial charge in [0.05, 0.1) is 5.69 Å². The van der Waals surface area contributed by atoms with Crippen molar-refractivity contribution in [3.8, 4) is 11.3 Å². The van der Waals surface area contributed by atoms with Crippen LogP contribution in [0.3, 0.4) is 0 Å². The highest BCUT2D eigenvalue weighted by molar-refractivity contribution is 5.97. The minimum Gasteiger partial charge on any atom is -0.346 e. The highest BCUT2D eigenvalue weighted by Crippen LogP contribution is 2.21. The Morgan fingerprint density at radius 2 is 1.72 bits per heavy atom. The van der Waals surface area contributed by atoms with Gasteiger partial charge in [-0.3, -0.25) is 9.59 Å². The summed E-state index contributed by atoms with van der Waals surface area (Å²) in [4.78, 5) is 41.1. The molecule has 0 spiro atoms. The predicted molar refractivity (Wildman–Crippen MR) is 140 cm³/mol. The molecule has 3 heterocycles. The van der Waals surface area contributed by atoms with E-state index in [9.17, 15) is 9.59 Å². The third-order valence-corrected chi connectivity index (χ3v) is 6.00. The number of allylic oxidation sites excluding steroid dienone is 1. The Morgan fingerprint density at radius 3 is 2.56 bits per heavy atom. The lowest BCUT2D eigenvalue weighted by molar-refractivity contribution is -0.114. The maximum absolute atomic E-state index is 12.8. The van der Waals surface area contributed by atoms with Gasteiger partial charge in [0.1, 0.15) is 11.5 Å². The van der Waals surface area contributed by atoms with E-state index < -0.39 is 0 Å². The summed E-state index contributed by atoms with van der Waals surface area (Å²) in [6.45, 7) is 3.49. The molecule has 0 saturated heterocycles. The van der Waals surface area contributed by atoms with Gasteiger partial charge in [-0.15, -0.1) is 0 Å². The first-order chi connectivity index (χ1) is 17.6. The van der Waals surface area contributed by atoms with Crippen molar-refractivity contribution in [1.82, 2.24) is 19.9 Å². The van der Waals surface area contributed by atoms with E-state index in [0.29, 0.717) is 30.7 Å². The van der Waals surface area contributed by atoms with Crippen LogP contribution in [0.25, 0.3) is 22.3 Å². The lowest BCUT2D eigenvalue weighted by Crippen LogP contribution is -2.05. The van der Waals surface area contributed by atoms with Crippen molar-refractivity contribution >= 4 is 22.6 Å². The zero-order valence-electron chi connectivity index (χ0n) is 19.6. The highest BCUT2D eigenvalue weighted by atomic mass is 16.1. The average molecular weight is 473 g/mol. The van der Waals surface area contributed by atoms with Gasteiger partial charge in [0, 0.05) is 54.4 Å². The number of aromatic amines is 1. The molecule has 0 aliphatic rings. The third-order valence-electron chi connectivity index (χ3n) is 6.00. The van der Waals surface area contributed by atoms with Crippen molar-refractivity contribution in [3.63, 3.8) is 0 Å². The number of benzene rings is 2. The van der Waals surface area contributed by atoms with Crippen molar-refractivity contribution in [1.29, 1.82) is 0 Å². The lowest BCUT2D eigenvalue weighted by Gasteiger charge is -2.07. The van der Waals surface area contributed by atoms with Crippen molar-refractivity contribution in [2.45, 2.75) is 19.3 Å². The Morgan fingerprint density at radius 1 is 0.889 bits per heavy atom. The SMILES string of the molecule is C=CC(=O)Cc1ccc(C(=O)Cc2cccc(Cc3nccc(-c4cnc5[nH]ccc5c4)n3)c2)cc1. The number of aromatic nitrogens is 4. The van der Waals surface area contributed by atoms with Crippen LogP contribution in [0.5, 0.6) is 0 Å². The lowest BCUT2D eigenvalue weighted by atomic mass is 9.99. The number of pyridine rings is 1. The number of H-pyrrole nitrogens is 1. The molecule has 1 N–H and O–H groups in total. The van der Waals surface area contributed by atoms with E-state index >= 15 is 0 Å². The number of hydrogen-bond donors (Lipinski definition) is 1. The van der Waals surface area contributed by atoms with Gasteiger partial charge in [-0.2, -0.15) is 0 Å². The van der Waals surface area contributed by atoms with E-state index in [1.165, 1.54) is 6.08 Å². The molecule has 6 heteroatoms. The topological polar surface area (TPSA) is 88.6 Å². The molecule has 5 aromatic rings. The zero-order valence-corrected chi connectivity index (χ0v) is 19.6. The van der Waals surface area contributed by atoms with E-state index in [4.69, 9.17) is 4.98 Å². The summed E-state index contributed by atoms with van der Waals surface area (Å²) in [6.07, 6.45) is 7.89. The van der Waals surface area contributed by atoms with E-state index in [-0.39, 0.29) is 11.6 Å². The zero-order chi connectivity index (χ0) is 24.9. The fraction of sp³-hybridized carbons (Fsp3) is 0.100. The van der Waals surface area contributed by atoms with Gasteiger partial charge in [-0.05, 0) is 41.0 Å². The molecule has 0 saturated carbocycles. The smallest absolute Gasteiger partial charge is 0.167 e. The van der Waals surface area contributed by atoms with Gasteiger partial charge in [-0.25, -0.2) is 15.0 Å². The number of nitrogens with zero attached hydrogens (tertiary/aromatic N) is 3. The second kappa shape index (κ2) is 10.3. The van der Waals surface area contributed by atoms with Crippen LogP contribution >= 0.6 is 0 Å². The summed E-state index contributed by atoms with van der Waals surface area (Å²) in [5.74, 6) is 0.688.